The fraction of sp³-hybridized carbons (Fsp3) is 0.538. The molecule has 92 valence electrons. The number of ketones is 1. The molecule has 0 saturated carbocycles. The summed E-state index contributed by atoms with van der Waals surface area (Å²) in [5.74, 6) is 0.116. The minimum Gasteiger partial charge on any atom is -0.370 e. The monoisotopic (exact) mass is 252 g/mol. The zero-order valence-electron chi connectivity index (χ0n) is 10.3. The van der Waals surface area contributed by atoms with E-state index in [1.807, 2.05) is 13.0 Å². The number of unbranched alkanes of at least 4 members (excludes halogenated alkanes) is 1. The lowest BCUT2D eigenvalue weighted by Gasteiger charge is -2.31. The highest BCUT2D eigenvalue weighted by Gasteiger charge is 2.26. The van der Waals surface area contributed by atoms with Gasteiger partial charge in [-0.05, 0) is 19.4 Å². The van der Waals surface area contributed by atoms with Gasteiger partial charge < -0.3 is 4.90 Å². The van der Waals surface area contributed by atoms with E-state index in [2.05, 4.69) is 16.8 Å². The van der Waals surface area contributed by atoms with Crippen molar-refractivity contribution < 1.29 is 4.79 Å². The average molecular weight is 253 g/mol. The lowest BCUT2D eigenvalue weighted by Crippen LogP contribution is -2.33. The number of carbonyl (C=O) groups excluding carboxylic acids is 1. The fourth-order valence-electron chi connectivity index (χ4n) is 2.19. The predicted molar refractivity (Wildman–Crippen MR) is 70.1 cm³/mol. The Labute approximate surface area is 107 Å². The molecule has 17 heavy (non-hydrogen) atoms. The number of anilines is 1. The maximum atomic E-state index is 11.9. The molecule has 0 fully saturated rings. The number of hydrogen-bond acceptors (Lipinski definition) is 3. The highest BCUT2D eigenvalue weighted by atomic mass is 35.5. The van der Waals surface area contributed by atoms with Crippen LogP contribution in [0.25, 0.3) is 0 Å². The lowest BCUT2D eigenvalue weighted by atomic mass is 10.0. The van der Waals surface area contributed by atoms with E-state index in [0.29, 0.717) is 17.1 Å². The molecule has 3 nitrogen and oxygen atoms in total. The summed E-state index contributed by atoms with van der Waals surface area (Å²) in [6, 6.07) is 1.97. The first-order chi connectivity index (χ1) is 8.13. The molecule has 0 atom stereocenters. The van der Waals surface area contributed by atoms with Gasteiger partial charge >= 0.3 is 0 Å². The Hall–Kier alpha value is -1.09. The van der Waals surface area contributed by atoms with Crippen molar-refractivity contribution in [2.75, 3.05) is 18.0 Å². The summed E-state index contributed by atoms with van der Waals surface area (Å²) in [4.78, 5) is 18.3. The molecule has 1 aliphatic heterocycles. The van der Waals surface area contributed by atoms with Crippen molar-refractivity contribution in [3.63, 3.8) is 0 Å². The van der Waals surface area contributed by atoms with Gasteiger partial charge in [0.25, 0.3) is 0 Å². The van der Waals surface area contributed by atoms with Crippen LogP contribution >= 0.6 is 11.6 Å². The maximum absolute atomic E-state index is 11.9. The minimum atomic E-state index is 0.116. The largest absolute Gasteiger partial charge is 0.370 e. The van der Waals surface area contributed by atoms with Crippen LogP contribution in [0.15, 0.2) is 6.07 Å². The Morgan fingerprint density at radius 1 is 1.53 bits per heavy atom. The van der Waals surface area contributed by atoms with Crippen LogP contribution in [0.1, 0.15) is 42.2 Å². The fourth-order valence-corrected chi connectivity index (χ4v) is 2.52. The van der Waals surface area contributed by atoms with Gasteiger partial charge in [0.05, 0.1) is 11.3 Å². The third kappa shape index (κ3) is 2.44. The highest BCUT2D eigenvalue weighted by Crippen LogP contribution is 2.32. The van der Waals surface area contributed by atoms with Crippen molar-refractivity contribution in [3.8, 4) is 0 Å². The summed E-state index contributed by atoms with van der Waals surface area (Å²) < 4.78 is 0. The van der Waals surface area contributed by atoms with Crippen LogP contribution in [-0.4, -0.2) is 23.9 Å². The number of aryl methyl sites for hydroxylation is 1. The molecule has 0 N–H and O–H groups in total. The molecule has 0 radical (unpaired) electrons. The van der Waals surface area contributed by atoms with Gasteiger partial charge in [-0.2, -0.15) is 0 Å². The number of carbonyl (C=O) groups is 1. The second-order valence-corrected chi connectivity index (χ2v) is 4.82. The van der Waals surface area contributed by atoms with Crippen molar-refractivity contribution >= 4 is 23.1 Å². The molecule has 1 aliphatic rings. The van der Waals surface area contributed by atoms with E-state index in [9.17, 15) is 4.79 Å². The molecule has 0 unspecified atom stereocenters. The highest BCUT2D eigenvalue weighted by molar-refractivity contribution is 6.33. The first kappa shape index (κ1) is 12.4. The molecule has 1 aromatic rings. The van der Waals surface area contributed by atoms with E-state index in [1.165, 1.54) is 0 Å². The van der Waals surface area contributed by atoms with Gasteiger partial charge in [-0.1, -0.05) is 24.9 Å². The Bertz CT molecular complexity index is 445. The minimum absolute atomic E-state index is 0.116. The third-order valence-corrected chi connectivity index (χ3v) is 3.37. The second-order valence-electron chi connectivity index (χ2n) is 4.46. The van der Waals surface area contributed by atoms with E-state index < -0.39 is 0 Å². The zero-order valence-corrected chi connectivity index (χ0v) is 11.0. The van der Waals surface area contributed by atoms with Gasteiger partial charge in [0.15, 0.2) is 5.78 Å². The van der Waals surface area contributed by atoms with Gasteiger partial charge in [-0.25, -0.2) is 4.98 Å². The van der Waals surface area contributed by atoms with Crippen LogP contribution in [0.3, 0.4) is 0 Å². The summed E-state index contributed by atoms with van der Waals surface area (Å²) >= 11 is 6.08. The second kappa shape index (κ2) is 5.05. The molecule has 0 spiro atoms. The number of rotatable bonds is 3. The van der Waals surface area contributed by atoms with Crippen LogP contribution in [-0.2, 0) is 0 Å². The van der Waals surface area contributed by atoms with Crippen molar-refractivity contribution in [1.82, 2.24) is 4.98 Å². The molecule has 0 aromatic carbocycles. The summed E-state index contributed by atoms with van der Waals surface area (Å²) in [5, 5.41) is 0.353. The number of aromatic nitrogens is 1. The van der Waals surface area contributed by atoms with Crippen LogP contribution in [0.4, 0.5) is 5.69 Å². The van der Waals surface area contributed by atoms with Crippen LogP contribution < -0.4 is 4.90 Å². The molecule has 1 aromatic heterocycles. The lowest BCUT2D eigenvalue weighted by molar-refractivity contribution is 0.0979. The number of fused-ring (bicyclic) bond motifs is 1. The Balaban J connectivity index is 2.40. The van der Waals surface area contributed by atoms with Crippen molar-refractivity contribution in [1.29, 1.82) is 0 Å². The topological polar surface area (TPSA) is 33.2 Å². The zero-order chi connectivity index (χ0) is 12.4. The quantitative estimate of drug-likeness (QED) is 0.775. The van der Waals surface area contributed by atoms with Crippen LogP contribution in [0.5, 0.6) is 0 Å². The molecular weight excluding hydrogens is 236 g/mol. The molecule has 0 amide bonds. The van der Waals surface area contributed by atoms with E-state index in [4.69, 9.17) is 11.6 Å². The van der Waals surface area contributed by atoms with Crippen LogP contribution in [0, 0.1) is 6.92 Å². The molecule has 2 rings (SSSR count). The smallest absolute Gasteiger partial charge is 0.169 e. The van der Waals surface area contributed by atoms with Crippen LogP contribution in [0.2, 0.25) is 5.15 Å². The standard InChI is InChI=1S/C13H17ClN2O/c1-3-4-6-16-7-5-11(17)12-10(16)8-9(2)15-13(12)14/h8H,3-7H2,1-2H3. The summed E-state index contributed by atoms with van der Waals surface area (Å²) in [5.41, 5.74) is 2.44. The average Bonchev–Trinajstić information content (AvgIpc) is 2.27. The molecule has 2 heterocycles. The molecular formula is C13H17ClN2O. The predicted octanol–water partition coefficient (Wildman–Crippen LogP) is 3.24. The SMILES string of the molecule is CCCCN1CCC(=O)c2c1cc(C)nc2Cl. The first-order valence-corrected chi connectivity index (χ1v) is 6.46. The number of halogens is 1. The van der Waals surface area contributed by atoms with Gasteiger partial charge in [-0.3, -0.25) is 4.79 Å². The number of nitrogens with zero attached hydrogens (tertiary/aromatic N) is 2. The molecule has 4 heteroatoms. The number of hydrogen-bond donors (Lipinski definition) is 0. The van der Waals surface area contributed by atoms with E-state index in [1.54, 1.807) is 0 Å². The van der Waals surface area contributed by atoms with E-state index >= 15 is 0 Å². The van der Waals surface area contributed by atoms with Gasteiger partial charge in [0.1, 0.15) is 5.15 Å². The van der Waals surface area contributed by atoms with E-state index in [0.717, 1.165) is 37.3 Å². The maximum Gasteiger partial charge on any atom is 0.169 e. The summed E-state index contributed by atoms with van der Waals surface area (Å²) in [6.07, 6.45) is 2.82. The van der Waals surface area contributed by atoms with E-state index in [-0.39, 0.29) is 5.78 Å². The summed E-state index contributed by atoms with van der Waals surface area (Å²) in [7, 11) is 0. The molecule has 0 aliphatic carbocycles. The third-order valence-electron chi connectivity index (χ3n) is 3.09. The number of pyridine rings is 1. The Kier molecular flexibility index (Phi) is 3.67. The van der Waals surface area contributed by atoms with Gasteiger partial charge in [-0.15, -0.1) is 0 Å². The van der Waals surface area contributed by atoms with Crippen molar-refractivity contribution in [2.24, 2.45) is 0 Å². The Morgan fingerprint density at radius 3 is 3.00 bits per heavy atom. The normalized spacial score (nSPS) is 15.0. The molecule has 0 saturated heterocycles. The van der Waals surface area contributed by atoms with Gasteiger partial charge in [0, 0.05) is 25.2 Å². The number of Topliss-reactive ketones (excluding diaryl/α,β-unsaturated/α-hetero) is 1. The Morgan fingerprint density at radius 2 is 2.29 bits per heavy atom. The first-order valence-electron chi connectivity index (χ1n) is 6.08. The van der Waals surface area contributed by atoms with Gasteiger partial charge in [0.2, 0.25) is 0 Å². The molecule has 0 bridgehead atoms. The van der Waals surface area contributed by atoms with Crippen molar-refractivity contribution in [2.45, 2.75) is 33.1 Å². The van der Waals surface area contributed by atoms with Crippen molar-refractivity contribution in [3.05, 3.63) is 22.5 Å². The summed E-state index contributed by atoms with van der Waals surface area (Å²) in [6.45, 7) is 5.85.